The van der Waals surface area contributed by atoms with Crippen LogP contribution in [-0.2, 0) is 6.54 Å². The van der Waals surface area contributed by atoms with Gasteiger partial charge in [-0.1, -0.05) is 41.1 Å². The van der Waals surface area contributed by atoms with Crippen molar-refractivity contribution < 1.29 is 0 Å². The van der Waals surface area contributed by atoms with Crippen molar-refractivity contribution in [2.24, 2.45) is 0 Å². The van der Waals surface area contributed by atoms with E-state index in [0.717, 1.165) is 18.4 Å². The lowest BCUT2D eigenvalue weighted by Crippen LogP contribution is -2.24. The predicted octanol–water partition coefficient (Wildman–Crippen LogP) is 4.51. The van der Waals surface area contributed by atoms with Crippen LogP contribution in [0.15, 0.2) is 29.6 Å². The molecule has 0 amide bonds. The Morgan fingerprint density at radius 3 is 2.88 bits per heavy atom. The van der Waals surface area contributed by atoms with Gasteiger partial charge in [0, 0.05) is 16.6 Å². The van der Waals surface area contributed by atoms with Gasteiger partial charge in [0.15, 0.2) is 0 Å². The zero-order valence-electron chi connectivity index (χ0n) is 10.2. The van der Waals surface area contributed by atoms with Crippen molar-refractivity contribution in [3.8, 4) is 0 Å². The third-order valence-electron chi connectivity index (χ3n) is 3.01. The van der Waals surface area contributed by atoms with E-state index < -0.39 is 0 Å². The Bertz CT molecular complexity index is 466. The summed E-state index contributed by atoms with van der Waals surface area (Å²) < 4.78 is 1.40. The minimum Gasteiger partial charge on any atom is -0.299 e. The normalized spacial score (nSPS) is 11.5. The first-order chi connectivity index (χ1) is 8.35. The van der Waals surface area contributed by atoms with Gasteiger partial charge in [0.1, 0.15) is 0 Å². The smallest absolute Gasteiger partial charge is 0.0346 e. The fraction of sp³-hybridized carbons (Fsp3) is 0.429. The molecule has 0 saturated heterocycles. The van der Waals surface area contributed by atoms with E-state index in [1.54, 1.807) is 0 Å². The highest BCUT2D eigenvalue weighted by Crippen LogP contribution is 2.26. The first-order valence-corrected chi connectivity index (χ1v) is 8.08. The van der Waals surface area contributed by atoms with Crippen molar-refractivity contribution in [3.05, 3.63) is 35.2 Å². The van der Waals surface area contributed by atoms with Crippen LogP contribution in [0.1, 0.15) is 18.9 Å². The van der Waals surface area contributed by atoms with Crippen LogP contribution >= 0.6 is 27.3 Å². The van der Waals surface area contributed by atoms with Crippen molar-refractivity contribution in [3.63, 3.8) is 0 Å². The molecule has 3 heteroatoms. The van der Waals surface area contributed by atoms with E-state index in [9.17, 15) is 0 Å². The summed E-state index contributed by atoms with van der Waals surface area (Å²) in [4.78, 5) is 2.51. The summed E-state index contributed by atoms with van der Waals surface area (Å²) in [6.07, 6.45) is 1.22. The molecule has 0 N–H and O–H groups in total. The highest BCUT2D eigenvalue weighted by Gasteiger charge is 2.07. The molecule has 92 valence electrons. The van der Waals surface area contributed by atoms with Gasteiger partial charge >= 0.3 is 0 Å². The standard InChI is InChI=1S/C14H18BrNS/c1-2-16(9-5-8-15)10-12-11-17-14-7-4-3-6-13(12)14/h3-4,6-7,11H,2,5,8-10H2,1H3. The van der Waals surface area contributed by atoms with Crippen LogP contribution in [0.25, 0.3) is 10.1 Å². The second-order valence-corrected chi connectivity index (χ2v) is 5.87. The van der Waals surface area contributed by atoms with Gasteiger partial charge in [-0.3, -0.25) is 4.90 Å². The summed E-state index contributed by atoms with van der Waals surface area (Å²) in [5.41, 5.74) is 1.47. The van der Waals surface area contributed by atoms with Crippen molar-refractivity contribution in [1.29, 1.82) is 0 Å². The largest absolute Gasteiger partial charge is 0.299 e. The summed E-state index contributed by atoms with van der Waals surface area (Å²) in [6, 6.07) is 8.69. The quantitative estimate of drug-likeness (QED) is 0.710. The third kappa shape index (κ3) is 3.30. The number of thiophene rings is 1. The highest BCUT2D eigenvalue weighted by molar-refractivity contribution is 9.09. The molecule has 0 aliphatic rings. The number of fused-ring (bicyclic) bond motifs is 1. The Balaban J connectivity index is 2.11. The first kappa shape index (κ1) is 13.1. The molecule has 0 unspecified atom stereocenters. The average Bonchev–Trinajstić information content (AvgIpc) is 2.78. The van der Waals surface area contributed by atoms with Gasteiger partial charge in [-0.2, -0.15) is 0 Å². The molecular formula is C14H18BrNS. The number of hydrogen-bond acceptors (Lipinski definition) is 2. The average molecular weight is 312 g/mol. The fourth-order valence-corrected chi connectivity index (χ4v) is 3.23. The molecule has 1 heterocycles. The Hall–Kier alpha value is -0.380. The van der Waals surface area contributed by atoms with Gasteiger partial charge in [-0.05, 0) is 41.9 Å². The molecule has 0 saturated carbocycles. The molecule has 0 bridgehead atoms. The number of benzene rings is 1. The molecule has 2 rings (SSSR count). The maximum atomic E-state index is 3.50. The van der Waals surface area contributed by atoms with E-state index in [4.69, 9.17) is 0 Å². The molecular weight excluding hydrogens is 294 g/mol. The van der Waals surface area contributed by atoms with Crippen LogP contribution in [0.2, 0.25) is 0 Å². The highest BCUT2D eigenvalue weighted by atomic mass is 79.9. The molecule has 0 radical (unpaired) electrons. The van der Waals surface area contributed by atoms with E-state index in [0.29, 0.717) is 0 Å². The number of hydrogen-bond donors (Lipinski definition) is 0. The maximum absolute atomic E-state index is 3.50. The van der Waals surface area contributed by atoms with Crippen LogP contribution in [0.5, 0.6) is 0 Å². The van der Waals surface area contributed by atoms with Gasteiger partial charge in [0.25, 0.3) is 0 Å². The third-order valence-corrected chi connectivity index (χ3v) is 4.58. The van der Waals surface area contributed by atoms with E-state index in [1.807, 2.05) is 11.3 Å². The zero-order valence-corrected chi connectivity index (χ0v) is 12.6. The van der Waals surface area contributed by atoms with E-state index in [2.05, 4.69) is 57.4 Å². The minimum absolute atomic E-state index is 1.08. The van der Waals surface area contributed by atoms with Gasteiger partial charge in [0.2, 0.25) is 0 Å². The first-order valence-electron chi connectivity index (χ1n) is 6.08. The van der Waals surface area contributed by atoms with Crippen LogP contribution < -0.4 is 0 Å². The van der Waals surface area contributed by atoms with Crippen molar-refractivity contribution in [2.75, 3.05) is 18.4 Å². The maximum Gasteiger partial charge on any atom is 0.0346 e. The van der Waals surface area contributed by atoms with Gasteiger partial charge in [-0.15, -0.1) is 11.3 Å². The Labute approximate surface area is 116 Å². The van der Waals surface area contributed by atoms with Crippen molar-refractivity contribution >= 4 is 37.4 Å². The Morgan fingerprint density at radius 1 is 1.29 bits per heavy atom. The Kier molecular flexibility index (Phi) is 5.01. The van der Waals surface area contributed by atoms with Crippen LogP contribution in [0.4, 0.5) is 0 Å². The second-order valence-electron chi connectivity index (χ2n) is 4.17. The van der Waals surface area contributed by atoms with Crippen LogP contribution in [0, 0.1) is 0 Å². The predicted molar refractivity (Wildman–Crippen MR) is 81.2 cm³/mol. The molecule has 0 atom stereocenters. The summed E-state index contributed by atoms with van der Waals surface area (Å²) in [5.74, 6) is 0. The van der Waals surface area contributed by atoms with E-state index >= 15 is 0 Å². The summed E-state index contributed by atoms with van der Waals surface area (Å²) in [5, 5.41) is 4.82. The monoisotopic (exact) mass is 311 g/mol. The molecule has 1 aromatic heterocycles. The van der Waals surface area contributed by atoms with Crippen molar-refractivity contribution in [2.45, 2.75) is 19.9 Å². The van der Waals surface area contributed by atoms with Crippen LogP contribution in [-0.4, -0.2) is 23.3 Å². The molecule has 2 aromatic rings. The molecule has 0 aliphatic heterocycles. The number of halogens is 1. The molecule has 17 heavy (non-hydrogen) atoms. The number of rotatable bonds is 6. The molecule has 1 aromatic carbocycles. The minimum atomic E-state index is 1.08. The van der Waals surface area contributed by atoms with E-state index in [-0.39, 0.29) is 0 Å². The van der Waals surface area contributed by atoms with Crippen molar-refractivity contribution in [1.82, 2.24) is 4.90 Å². The van der Waals surface area contributed by atoms with Gasteiger partial charge < -0.3 is 0 Å². The topological polar surface area (TPSA) is 3.24 Å². The zero-order chi connectivity index (χ0) is 12.1. The molecule has 0 fully saturated rings. The molecule has 1 nitrogen and oxygen atoms in total. The molecule has 0 aliphatic carbocycles. The fourth-order valence-electron chi connectivity index (χ4n) is 2.03. The van der Waals surface area contributed by atoms with Gasteiger partial charge in [0.05, 0.1) is 0 Å². The lowest BCUT2D eigenvalue weighted by molar-refractivity contribution is 0.283. The van der Waals surface area contributed by atoms with Crippen LogP contribution in [0.3, 0.4) is 0 Å². The number of nitrogens with zero attached hydrogens (tertiary/aromatic N) is 1. The number of alkyl halides is 1. The van der Waals surface area contributed by atoms with E-state index in [1.165, 1.54) is 28.6 Å². The lowest BCUT2D eigenvalue weighted by Gasteiger charge is -2.19. The summed E-state index contributed by atoms with van der Waals surface area (Å²) in [6.45, 7) is 5.61. The van der Waals surface area contributed by atoms with Gasteiger partial charge in [-0.25, -0.2) is 0 Å². The Morgan fingerprint density at radius 2 is 2.12 bits per heavy atom. The SMILES string of the molecule is CCN(CCCBr)Cc1csc2ccccc12. The second kappa shape index (κ2) is 6.53. The lowest BCUT2D eigenvalue weighted by atomic mass is 10.1. The summed E-state index contributed by atoms with van der Waals surface area (Å²) >= 11 is 5.35. The molecule has 0 spiro atoms. The summed E-state index contributed by atoms with van der Waals surface area (Å²) in [7, 11) is 0.